The molecule has 1 heterocycles. The van der Waals surface area contributed by atoms with Crippen LogP contribution < -0.4 is 5.32 Å². The number of aryl methyl sites for hydroxylation is 1. The van der Waals surface area contributed by atoms with Gasteiger partial charge in [-0.15, -0.1) is 0 Å². The minimum Gasteiger partial charge on any atom is -0.372 e. The van der Waals surface area contributed by atoms with Gasteiger partial charge in [0.05, 0.1) is 12.7 Å². The topological polar surface area (TPSA) is 21.3 Å². The van der Waals surface area contributed by atoms with Crippen LogP contribution in [0.5, 0.6) is 0 Å². The molecular formula is C20H25NO. The highest BCUT2D eigenvalue weighted by atomic mass is 16.5. The zero-order valence-electron chi connectivity index (χ0n) is 13.3. The monoisotopic (exact) mass is 295 g/mol. The predicted octanol–water partition coefficient (Wildman–Crippen LogP) is 3.73. The number of rotatable bonds is 5. The third kappa shape index (κ3) is 4.43. The number of hydrogen-bond acceptors (Lipinski definition) is 2. The van der Waals surface area contributed by atoms with Crippen molar-refractivity contribution in [3.8, 4) is 0 Å². The Balaban J connectivity index is 1.50. The zero-order chi connectivity index (χ0) is 15.2. The number of benzene rings is 2. The average molecular weight is 295 g/mol. The zero-order valence-corrected chi connectivity index (χ0v) is 13.3. The summed E-state index contributed by atoms with van der Waals surface area (Å²) in [6.45, 7) is 4.91. The lowest BCUT2D eigenvalue weighted by Crippen LogP contribution is -2.41. The van der Waals surface area contributed by atoms with E-state index in [2.05, 4.69) is 66.8 Å². The molecule has 0 aliphatic carbocycles. The largest absolute Gasteiger partial charge is 0.372 e. The second-order valence-corrected chi connectivity index (χ2v) is 6.37. The summed E-state index contributed by atoms with van der Waals surface area (Å²) >= 11 is 0. The van der Waals surface area contributed by atoms with Gasteiger partial charge in [-0.05, 0) is 43.4 Å². The van der Waals surface area contributed by atoms with E-state index in [0.717, 1.165) is 25.9 Å². The summed E-state index contributed by atoms with van der Waals surface area (Å²) in [6.07, 6.45) is 2.61. The summed E-state index contributed by atoms with van der Waals surface area (Å²) < 4.78 is 6.13. The molecule has 0 radical (unpaired) electrons. The van der Waals surface area contributed by atoms with Crippen molar-refractivity contribution in [1.82, 2.24) is 5.32 Å². The first-order valence-corrected chi connectivity index (χ1v) is 8.21. The first-order chi connectivity index (χ1) is 10.8. The molecule has 0 amide bonds. The first-order valence-electron chi connectivity index (χ1n) is 8.21. The maximum absolute atomic E-state index is 6.13. The van der Waals surface area contributed by atoms with E-state index in [1.165, 1.54) is 16.7 Å². The van der Waals surface area contributed by atoms with Gasteiger partial charge in [-0.1, -0.05) is 60.2 Å². The van der Waals surface area contributed by atoms with Crippen LogP contribution in [0.4, 0.5) is 0 Å². The van der Waals surface area contributed by atoms with Crippen molar-refractivity contribution < 1.29 is 4.74 Å². The molecule has 1 N–H and O–H groups in total. The lowest BCUT2D eigenvalue weighted by molar-refractivity contribution is 0.0114. The van der Waals surface area contributed by atoms with Gasteiger partial charge in [-0.25, -0.2) is 0 Å². The van der Waals surface area contributed by atoms with E-state index in [9.17, 15) is 0 Å². The molecule has 0 spiro atoms. The smallest absolute Gasteiger partial charge is 0.0721 e. The fraction of sp³-hybridized carbons (Fsp3) is 0.400. The minimum atomic E-state index is 0.322. The van der Waals surface area contributed by atoms with Crippen LogP contribution in [0.1, 0.15) is 23.1 Å². The van der Waals surface area contributed by atoms with Crippen molar-refractivity contribution >= 4 is 0 Å². The molecule has 2 atom stereocenters. The fourth-order valence-corrected chi connectivity index (χ4v) is 3.23. The Morgan fingerprint density at radius 1 is 1.00 bits per heavy atom. The van der Waals surface area contributed by atoms with Gasteiger partial charge >= 0.3 is 0 Å². The van der Waals surface area contributed by atoms with Gasteiger partial charge in [0, 0.05) is 6.54 Å². The molecule has 1 aliphatic rings. The molecule has 1 aliphatic heterocycles. The number of piperidine rings is 1. The van der Waals surface area contributed by atoms with E-state index >= 15 is 0 Å². The Bertz CT molecular complexity index is 581. The SMILES string of the molecule is Cc1cccc(CO[C@H]2CNC[C@@H](Cc3ccccc3)C2)c1. The van der Waals surface area contributed by atoms with Crippen LogP contribution in [0.2, 0.25) is 0 Å². The van der Waals surface area contributed by atoms with E-state index in [1.807, 2.05) is 0 Å². The van der Waals surface area contributed by atoms with E-state index in [0.29, 0.717) is 18.6 Å². The van der Waals surface area contributed by atoms with E-state index < -0.39 is 0 Å². The predicted molar refractivity (Wildman–Crippen MR) is 90.9 cm³/mol. The quantitative estimate of drug-likeness (QED) is 0.907. The molecular weight excluding hydrogens is 270 g/mol. The maximum Gasteiger partial charge on any atom is 0.0721 e. The van der Waals surface area contributed by atoms with E-state index in [4.69, 9.17) is 4.74 Å². The van der Waals surface area contributed by atoms with Crippen LogP contribution >= 0.6 is 0 Å². The highest BCUT2D eigenvalue weighted by Crippen LogP contribution is 2.19. The highest BCUT2D eigenvalue weighted by molar-refractivity contribution is 5.21. The van der Waals surface area contributed by atoms with Gasteiger partial charge in [0.1, 0.15) is 0 Å². The Hall–Kier alpha value is -1.64. The van der Waals surface area contributed by atoms with Crippen molar-refractivity contribution in [1.29, 1.82) is 0 Å². The van der Waals surface area contributed by atoms with Crippen molar-refractivity contribution in [3.63, 3.8) is 0 Å². The third-order valence-electron chi connectivity index (χ3n) is 4.34. The van der Waals surface area contributed by atoms with Gasteiger partial charge < -0.3 is 10.1 Å². The van der Waals surface area contributed by atoms with Gasteiger partial charge in [-0.3, -0.25) is 0 Å². The van der Waals surface area contributed by atoms with E-state index in [1.54, 1.807) is 0 Å². The van der Waals surface area contributed by atoms with Gasteiger partial charge in [-0.2, -0.15) is 0 Å². The fourth-order valence-electron chi connectivity index (χ4n) is 3.23. The second kappa shape index (κ2) is 7.57. The Morgan fingerprint density at radius 2 is 1.82 bits per heavy atom. The Morgan fingerprint density at radius 3 is 2.64 bits per heavy atom. The molecule has 2 aromatic rings. The highest BCUT2D eigenvalue weighted by Gasteiger charge is 2.22. The average Bonchev–Trinajstić information content (AvgIpc) is 2.54. The van der Waals surface area contributed by atoms with Crippen LogP contribution in [-0.2, 0) is 17.8 Å². The number of ether oxygens (including phenoxy) is 1. The van der Waals surface area contributed by atoms with E-state index in [-0.39, 0.29) is 0 Å². The molecule has 2 aromatic carbocycles. The molecule has 0 bridgehead atoms. The third-order valence-corrected chi connectivity index (χ3v) is 4.34. The van der Waals surface area contributed by atoms with Gasteiger partial charge in [0.15, 0.2) is 0 Å². The second-order valence-electron chi connectivity index (χ2n) is 6.37. The van der Waals surface area contributed by atoms with Gasteiger partial charge in [0.2, 0.25) is 0 Å². The van der Waals surface area contributed by atoms with Crippen molar-refractivity contribution in [2.24, 2.45) is 5.92 Å². The standard InChI is InChI=1S/C20H25NO/c1-16-6-5-9-18(10-16)15-22-20-12-19(13-21-14-20)11-17-7-3-2-4-8-17/h2-10,19-21H,11-15H2,1H3/t19-,20+/m0/s1. The minimum absolute atomic E-state index is 0.322. The molecule has 0 saturated carbocycles. The molecule has 1 saturated heterocycles. The lowest BCUT2D eigenvalue weighted by atomic mass is 9.91. The lowest BCUT2D eigenvalue weighted by Gasteiger charge is -2.30. The Kier molecular flexibility index (Phi) is 5.25. The molecule has 0 unspecified atom stereocenters. The summed E-state index contributed by atoms with van der Waals surface area (Å²) in [6, 6.07) is 19.3. The molecule has 3 rings (SSSR count). The van der Waals surface area contributed by atoms with Crippen LogP contribution in [0.3, 0.4) is 0 Å². The van der Waals surface area contributed by atoms with Crippen molar-refractivity contribution in [2.75, 3.05) is 13.1 Å². The summed E-state index contributed by atoms with van der Waals surface area (Å²) in [5.74, 6) is 0.665. The van der Waals surface area contributed by atoms with Crippen LogP contribution in [-0.4, -0.2) is 19.2 Å². The first kappa shape index (κ1) is 15.3. The number of hydrogen-bond donors (Lipinski definition) is 1. The summed E-state index contributed by atoms with van der Waals surface area (Å²) in [7, 11) is 0. The molecule has 2 nitrogen and oxygen atoms in total. The summed E-state index contributed by atoms with van der Waals surface area (Å²) in [5, 5.41) is 3.53. The van der Waals surface area contributed by atoms with Crippen LogP contribution in [0, 0.1) is 12.8 Å². The Labute approximate surface area is 133 Å². The summed E-state index contributed by atoms with van der Waals surface area (Å²) in [5.41, 5.74) is 3.99. The molecule has 22 heavy (non-hydrogen) atoms. The van der Waals surface area contributed by atoms with Gasteiger partial charge in [0.25, 0.3) is 0 Å². The number of nitrogens with one attached hydrogen (secondary N) is 1. The van der Waals surface area contributed by atoms with Crippen LogP contribution in [0.25, 0.3) is 0 Å². The van der Waals surface area contributed by atoms with Crippen molar-refractivity contribution in [3.05, 3.63) is 71.3 Å². The van der Waals surface area contributed by atoms with Crippen LogP contribution in [0.15, 0.2) is 54.6 Å². The molecule has 1 fully saturated rings. The molecule has 116 valence electrons. The maximum atomic E-state index is 6.13. The normalized spacial score (nSPS) is 21.7. The molecule has 0 aromatic heterocycles. The molecule has 2 heteroatoms. The van der Waals surface area contributed by atoms with Crippen molar-refractivity contribution in [2.45, 2.75) is 32.5 Å². The summed E-state index contributed by atoms with van der Waals surface area (Å²) in [4.78, 5) is 0.